The van der Waals surface area contributed by atoms with Crippen molar-refractivity contribution in [1.82, 2.24) is 5.32 Å². The number of hydrogen-bond acceptors (Lipinski definition) is 4. The number of esters is 1. The molecule has 4 rings (SSSR count). The van der Waals surface area contributed by atoms with Gasteiger partial charge in [-0.05, 0) is 64.7 Å². The second kappa shape index (κ2) is 9.84. The lowest BCUT2D eigenvalue weighted by Crippen LogP contribution is -2.18. The van der Waals surface area contributed by atoms with E-state index in [0.29, 0.717) is 12.1 Å². The number of ether oxygens (including phenoxy) is 2. The number of nitrogens with one attached hydrogen (secondary N) is 1. The number of methoxy groups -OCH3 is 2. The van der Waals surface area contributed by atoms with Crippen LogP contribution < -0.4 is 10.1 Å². The zero-order valence-corrected chi connectivity index (χ0v) is 18.9. The molecule has 33 heavy (non-hydrogen) atoms. The van der Waals surface area contributed by atoms with E-state index in [4.69, 9.17) is 9.47 Å². The van der Waals surface area contributed by atoms with Gasteiger partial charge in [0.1, 0.15) is 11.6 Å². The summed E-state index contributed by atoms with van der Waals surface area (Å²) in [5.41, 5.74) is 3.17. The first-order valence-electron chi connectivity index (χ1n) is 10.8. The first kappa shape index (κ1) is 22.5. The van der Waals surface area contributed by atoms with Gasteiger partial charge in [-0.15, -0.1) is 0 Å². The molecule has 4 aromatic carbocycles. The topological polar surface area (TPSA) is 47.6 Å². The molecule has 0 saturated carbocycles. The average molecular weight is 444 g/mol. The van der Waals surface area contributed by atoms with E-state index in [1.807, 2.05) is 48.5 Å². The Morgan fingerprint density at radius 3 is 2.52 bits per heavy atom. The highest BCUT2D eigenvalue weighted by Gasteiger charge is 2.18. The van der Waals surface area contributed by atoms with E-state index < -0.39 is 11.8 Å². The number of carbonyl (C=O) groups excluding carboxylic acids is 1. The number of hydrogen-bond donors (Lipinski definition) is 1. The third kappa shape index (κ3) is 4.73. The second-order valence-electron chi connectivity index (χ2n) is 7.90. The van der Waals surface area contributed by atoms with Gasteiger partial charge in [-0.3, -0.25) is 0 Å². The van der Waals surface area contributed by atoms with Crippen molar-refractivity contribution in [2.24, 2.45) is 0 Å². The van der Waals surface area contributed by atoms with E-state index in [1.165, 1.54) is 13.2 Å². The van der Waals surface area contributed by atoms with Gasteiger partial charge >= 0.3 is 5.97 Å². The van der Waals surface area contributed by atoms with E-state index in [2.05, 4.69) is 24.4 Å². The van der Waals surface area contributed by atoms with E-state index in [-0.39, 0.29) is 11.6 Å². The Balaban J connectivity index is 1.70. The molecule has 0 aromatic heterocycles. The molecule has 0 unspecified atom stereocenters. The Hall–Kier alpha value is -3.70. The first-order valence-corrected chi connectivity index (χ1v) is 10.8. The zero-order chi connectivity index (χ0) is 23.4. The summed E-state index contributed by atoms with van der Waals surface area (Å²) in [5, 5.41) is 5.46. The van der Waals surface area contributed by atoms with Gasteiger partial charge < -0.3 is 14.8 Å². The van der Waals surface area contributed by atoms with Crippen molar-refractivity contribution in [2.75, 3.05) is 14.2 Å². The van der Waals surface area contributed by atoms with E-state index >= 15 is 4.39 Å². The summed E-state index contributed by atoms with van der Waals surface area (Å²) in [5.74, 6) is -0.456. The van der Waals surface area contributed by atoms with Crippen molar-refractivity contribution < 1.29 is 18.7 Å². The van der Waals surface area contributed by atoms with Gasteiger partial charge in [0.15, 0.2) is 0 Å². The monoisotopic (exact) mass is 443 g/mol. The van der Waals surface area contributed by atoms with Gasteiger partial charge in [0.25, 0.3) is 0 Å². The molecule has 1 atom stereocenters. The molecule has 168 valence electrons. The van der Waals surface area contributed by atoms with Gasteiger partial charge in [0.05, 0.1) is 19.8 Å². The number of halogens is 1. The smallest absolute Gasteiger partial charge is 0.340 e. The highest BCUT2D eigenvalue weighted by atomic mass is 19.1. The van der Waals surface area contributed by atoms with Gasteiger partial charge in [-0.2, -0.15) is 0 Å². The van der Waals surface area contributed by atoms with E-state index in [9.17, 15) is 4.79 Å². The molecule has 5 heteroatoms. The molecule has 0 aliphatic carbocycles. The number of benzene rings is 4. The molecule has 0 bridgehead atoms. The van der Waals surface area contributed by atoms with Crippen LogP contribution in [0.3, 0.4) is 0 Å². The van der Waals surface area contributed by atoms with Crippen LogP contribution in [-0.4, -0.2) is 20.2 Å². The molecule has 0 amide bonds. The summed E-state index contributed by atoms with van der Waals surface area (Å²) in [6, 6.07) is 24.8. The Morgan fingerprint density at radius 2 is 1.73 bits per heavy atom. The summed E-state index contributed by atoms with van der Waals surface area (Å²) in [4.78, 5) is 12.0. The van der Waals surface area contributed by atoms with Crippen LogP contribution in [-0.2, 0) is 11.3 Å². The van der Waals surface area contributed by atoms with Crippen LogP contribution >= 0.6 is 0 Å². The first-order chi connectivity index (χ1) is 16.0. The molecule has 0 heterocycles. The lowest BCUT2D eigenvalue weighted by molar-refractivity contribution is 0.0595. The zero-order valence-electron chi connectivity index (χ0n) is 18.9. The fourth-order valence-electron chi connectivity index (χ4n) is 4.00. The maximum absolute atomic E-state index is 15.3. The minimum absolute atomic E-state index is 0.0748. The predicted octanol–water partition coefficient (Wildman–Crippen LogP) is 6.29. The van der Waals surface area contributed by atoms with Crippen LogP contribution in [0.4, 0.5) is 4.39 Å². The van der Waals surface area contributed by atoms with Crippen molar-refractivity contribution in [1.29, 1.82) is 0 Å². The van der Waals surface area contributed by atoms with E-state index in [0.717, 1.165) is 33.2 Å². The molecular weight excluding hydrogens is 417 g/mol. The third-order valence-corrected chi connectivity index (χ3v) is 5.82. The van der Waals surface area contributed by atoms with Crippen LogP contribution in [0.15, 0.2) is 78.9 Å². The maximum atomic E-state index is 15.3. The quantitative estimate of drug-likeness (QED) is 0.341. The Bertz CT molecular complexity index is 1300. The lowest BCUT2D eigenvalue weighted by atomic mass is 9.94. The van der Waals surface area contributed by atoms with Gasteiger partial charge in [0.2, 0.25) is 0 Å². The highest BCUT2D eigenvalue weighted by molar-refractivity contribution is 5.99. The molecule has 0 aliphatic rings. The van der Waals surface area contributed by atoms with Crippen LogP contribution in [0.5, 0.6) is 5.75 Å². The maximum Gasteiger partial charge on any atom is 0.340 e. The molecule has 4 nitrogen and oxygen atoms in total. The number of carbonyl (C=O) groups is 1. The SMILES string of the molecule is COC(=O)c1cccc(-c2cc(CN[C@H](C)c3cccc(OC)c3)cc3ccccc23)c1F. The van der Waals surface area contributed by atoms with E-state index in [1.54, 1.807) is 19.2 Å². The lowest BCUT2D eigenvalue weighted by Gasteiger charge is -2.17. The van der Waals surface area contributed by atoms with Crippen LogP contribution in [0.1, 0.15) is 34.5 Å². The van der Waals surface area contributed by atoms with Crippen molar-refractivity contribution >= 4 is 16.7 Å². The number of rotatable bonds is 7. The minimum Gasteiger partial charge on any atom is -0.497 e. The third-order valence-electron chi connectivity index (χ3n) is 5.82. The fraction of sp³-hybridized carbons (Fsp3) is 0.179. The largest absolute Gasteiger partial charge is 0.497 e. The molecule has 0 saturated heterocycles. The summed E-state index contributed by atoms with van der Waals surface area (Å²) in [7, 11) is 2.90. The Morgan fingerprint density at radius 1 is 0.939 bits per heavy atom. The standard InChI is InChI=1S/C28H26FNO3/c1-18(20-9-6-10-22(16-20)32-2)30-17-19-14-21-8-4-5-11-23(21)26(15-19)24-12-7-13-25(27(24)29)28(31)33-3/h4-16,18,30H,17H2,1-3H3/t18-/m1/s1. The molecule has 0 radical (unpaired) electrons. The summed E-state index contributed by atoms with van der Waals surface area (Å²) in [6.45, 7) is 2.69. The Labute approximate surface area is 193 Å². The average Bonchev–Trinajstić information content (AvgIpc) is 2.86. The van der Waals surface area contributed by atoms with Crippen molar-refractivity contribution in [3.8, 4) is 16.9 Å². The van der Waals surface area contributed by atoms with Gasteiger partial charge in [-0.25, -0.2) is 9.18 Å². The van der Waals surface area contributed by atoms with Gasteiger partial charge in [0, 0.05) is 18.2 Å². The molecule has 0 fully saturated rings. The van der Waals surface area contributed by atoms with Crippen molar-refractivity contribution in [2.45, 2.75) is 19.5 Å². The normalized spacial score (nSPS) is 11.9. The molecule has 0 aliphatic heterocycles. The summed E-state index contributed by atoms with van der Waals surface area (Å²) >= 11 is 0. The van der Waals surface area contributed by atoms with Crippen LogP contribution in [0, 0.1) is 5.82 Å². The molecule has 4 aromatic rings. The Kier molecular flexibility index (Phi) is 6.71. The molecule has 0 spiro atoms. The van der Waals surface area contributed by atoms with Crippen LogP contribution in [0.2, 0.25) is 0 Å². The van der Waals surface area contributed by atoms with Crippen molar-refractivity contribution in [3.63, 3.8) is 0 Å². The summed E-state index contributed by atoms with van der Waals surface area (Å²) in [6.07, 6.45) is 0. The van der Waals surface area contributed by atoms with Gasteiger partial charge in [-0.1, -0.05) is 48.5 Å². The number of fused-ring (bicyclic) bond motifs is 1. The summed E-state index contributed by atoms with van der Waals surface area (Å²) < 4.78 is 25.4. The predicted molar refractivity (Wildman–Crippen MR) is 129 cm³/mol. The fourth-order valence-corrected chi connectivity index (χ4v) is 4.00. The second-order valence-corrected chi connectivity index (χ2v) is 7.90. The molecular formula is C28H26FNO3. The minimum atomic E-state index is -0.691. The highest BCUT2D eigenvalue weighted by Crippen LogP contribution is 2.33. The molecule has 1 N–H and O–H groups in total. The van der Waals surface area contributed by atoms with Crippen LogP contribution in [0.25, 0.3) is 21.9 Å². The van der Waals surface area contributed by atoms with Crippen molar-refractivity contribution in [3.05, 3.63) is 101 Å².